The second-order valence-corrected chi connectivity index (χ2v) is 11.0. The lowest BCUT2D eigenvalue weighted by Crippen LogP contribution is -2.51. The second kappa shape index (κ2) is 15.3. The van der Waals surface area contributed by atoms with E-state index in [9.17, 15) is 14.4 Å². The summed E-state index contributed by atoms with van der Waals surface area (Å²) >= 11 is 0. The lowest BCUT2D eigenvalue weighted by atomic mass is 9.90. The normalized spacial score (nSPS) is 17.0. The van der Waals surface area contributed by atoms with E-state index in [1.54, 1.807) is 0 Å². The van der Waals surface area contributed by atoms with Crippen molar-refractivity contribution in [3.8, 4) is 0 Å². The molecule has 1 saturated heterocycles. The molecule has 2 aliphatic rings. The average Bonchev–Trinajstić information content (AvgIpc) is 3.52. The Balaban J connectivity index is 1.25. The predicted octanol–water partition coefficient (Wildman–Crippen LogP) is 5.24. The van der Waals surface area contributed by atoms with E-state index < -0.39 is 12.1 Å². The molecule has 1 atom stereocenters. The van der Waals surface area contributed by atoms with Crippen LogP contribution in [-0.4, -0.2) is 48.5 Å². The first kappa shape index (κ1) is 28.7. The van der Waals surface area contributed by atoms with Gasteiger partial charge in [0.05, 0.1) is 0 Å². The first-order valence-corrected chi connectivity index (χ1v) is 14.7. The third kappa shape index (κ3) is 9.41. The van der Waals surface area contributed by atoms with Crippen LogP contribution >= 0.6 is 0 Å². The number of amides is 3. The minimum Gasteiger partial charge on any atom is -0.445 e. The van der Waals surface area contributed by atoms with Crippen molar-refractivity contribution in [3.05, 3.63) is 71.8 Å². The number of piperidine rings is 1. The summed E-state index contributed by atoms with van der Waals surface area (Å²) in [7, 11) is 0. The molecule has 4 rings (SSSR count). The van der Waals surface area contributed by atoms with Gasteiger partial charge in [-0.1, -0.05) is 73.5 Å². The lowest BCUT2D eigenvalue weighted by Gasteiger charge is -2.34. The van der Waals surface area contributed by atoms with Gasteiger partial charge < -0.3 is 20.3 Å². The number of ether oxygens (including phenoxy) is 1. The number of nitrogens with zero attached hydrogens (tertiary/aromatic N) is 1. The van der Waals surface area contributed by atoms with Crippen LogP contribution in [-0.2, 0) is 27.4 Å². The molecule has 0 radical (unpaired) electrons. The van der Waals surface area contributed by atoms with Gasteiger partial charge in [0.2, 0.25) is 11.8 Å². The molecule has 39 heavy (non-hydrogen) atoms. The van der Waals surface area contributed by atoms with Crippen LogP contribution in [0.4, 0.5) is 4.79 Å². The molecule has 1 saturated carbocycles. The molecule has 0 unspecified atom stereocenters. The van der Waals surface area contributed by atoms with Crippen molar-refractivity contribution in [1.29, 1.82) is 0 Å². The number of carbonyl (C=O) groups excluding carboxylic acids is 3. The first-order valence-electron chi connectivity index (χ1n) is 14.7. The van der Waals surface area contributed by atoms with E-state index in [4.69, 9.17) is 4.74 Å². The van der Waals surface area contributed by atoms with E-state index in [0.29, 0.717) is 32.0 Å². The van der Waals surface area contributed by atoms with Crippen molar-refractivity contribution in [1.82, 2.24) is 15.5 Å². The molecule has 7 heteroatoms. The molecular weight excluding hydrogens is 490 g/mol. The third-order valence-electron chi connectivity index (χ3n) is 8.04. The minimum absolute atomic E-state index is 0.0418. The van der Waals surface area contributed by atoms with E-state index in [-0.39, 0.29) is 24.3 Å². The molecule has 2 N–H and O–H groups in total. The highest BCUT2D eigenvalue weighted by atomic mass is 16.5. The minimum atomic E-state index is -0.635. The fraction of sp³-hybridized carbons (Fsp3) is 0.531. The number of carbonyl (C=O) groups is 3. The average molecular weight is 534 g/mol. The molecule has 210 valence electrons. The van der Waals surface area contributed by atoms with Crippen LogP contribution in [0.1, 0.15) is 68.9 Å². The SMILES string of the molecule is O=C(N[C@@H](CCCCNC(=O)C1CCCC1)C(=O)N1CCC(Cc2ccccc2)CC1)OCc1ccccc1. The van der Waals surface area contributed by atoms with Crippen LogP contribution < -0.4 is 10.6 Å². The highest BCUT2D eigenvalue weighted by Crippen LogP contribution is 2.25. The van der Waals surface area contributed by atoms with Crippen molar-refractivity contribution in [2.75, 3.05) is 19.6 Å². The molecule has 1 heterocycles. The highest BCUT2D eigenvalue weighted by molar-refractivity contribution is 5.85. The van der Waals surface area contributed by atoms with Gasteiger partial charge in [0.15, 0.2) is 0 Å². The largest absolute Gasteiger partial charge is 0.445 e. The zero-order valence-corrected chi connectivity index (χ0v) is 23.0. The number of likely N-dealkylation sites (tertiary alicyclic amines) is 1. The quantitative estimate of drug-likeness (QED) is 0.365. The Morgan fingerprint density at radius 1 is 0.846 bits per heavy atom. The summed E-state index contributed by atoms with van der Waals surface area (Å²) in [6.45, 7) is 2.15. The number of benzene rings is 2. The number of hydrogen-bond acceptors (Lipinski definition) is 4. The second-order valence-electron chi connectivity index (χ2n) is 11.0. The maximum absolute atomic E-state index is 13.5. The number of unbranched alkanes of at least 4 members (excludes halogenated alkanes) is 1. The van der Waals surface area contributed by atoms with Gasteiger partial charge in [0.25, 0.3) is 0 Å². The highest BCUT2D eigenvalue weighted by Gasteiger charge is 2.30. The van der Waals surface area contributed by atoms with Crippen LogP contribution in [0.2, 0.25) is 0 Å². The smallest absolute Gasteiger partial charge is 0.408 e. The maximum atomic E-state index is 13.5. The van der Waals surface area contributed by atoms with Crippen molar-refractivity contribution >= 4 is 17.9 Å². The molecule has 0 aromatic heterocycles. The van der Waals surface area contributed by atoms with Gasteiger partial charge in [-0.05, 0) is 68.4 Å². The van der Waals surface area contributed by atoms with Gasteiger partial charge in [-0.15, -0.1) is 0 Å². The first-order chi connectivity index (χ1) is 19.1. The Morgan fingerprint density at radius 3 is 2.15 bits per heavy atom. The van der Waals surface area contributed by atoms with Crippen LogP contribution in [0, 0.1) is 11.8 Å². The summed E-state index contributed by atoms with van der Waals surface area (Å²) in [5.41, 5.74) is 2.23. The molecule has 1 aliphatic carbocycles. The maximum Gasteiger partial charge on any atom is 0.408 e. The summed E-state index contributed by atoms with van der Waals surface area (Å²) in [6, 6.07) is 19.4. The topological polar surface area (TPSA) is 87.7 Å². The molecule has 7 nitrogen and oxygen atoms in total. The molecule has 0 bridgehead atoms. The van der Waals surface area contributed by atoms with Crippen LogP contribution in [0.3, 0.4) is 0 Å². The molecule has 1 aliphatic heterocycles. The van der Waals surface area contributed by atoms with Crippen LogP contribution in [0.15, 0.2) is 60.7 Å². The fourth-order valence-electron chi connectivity index (χ4n) is 5.71. The van der Waals surface area contributed by atoms with Gasteiger partial charge in [0, 0.05) is 25.6 Å². The summed E-state index contributed by atoms with van der Waals surface area (Å²) in [4.78, 5) is 40.3. The molecular formula is C32H43N3O4. The number of alkyl carbamates (subject to hydrolysis) is 1. The lowest BCUT2D eigenvalue weighted by molar-refractivity contribution is -0.135. The van der Waals surface area contributed by atoms with Gasteiger partial charge >= 0.3 is 6.09 Å². The Kier molecular flexibility index (Phi) is 11.2. The third-order valence-corrected chi connectivity index (χ3v) is 8.04. The van der Waals surface area contributed by atoms with Gasteiger partial charge in [-0.25, -0.2) is 4.79 Å². The Hall–Kier alpha value is -3.35. The monoisotopic (exact) mass is 533 g/mol. The number of nitrogens with one attached hydrogen (secondary N) is 2. The van der Waals surface area contributed by atoms with E-state index in [1.165, 1.54) is 5.56 Å². The van der Waals surface area contributed by atoms with Gasteiger partial charge in [-0.3, -0.25) is 9.59 Å². The summed E-state index contributed by atoms with van der Waals surface area (Å²) in [5.74, 6) is 0.827. The van der Waals surface area contributed by atoms with Crippen molar-refractivity contribution in [2.45, 2.75) is 76.9 Å². The van der Waals surface area contributed by atoms with Crippen molar-refractivity contribution in [2.24, 2.45) is 11.8 Å². The van der Waals surface area contributed by atoms with Crippen molar-refractivity contribution in [3.63, 3.8) is 0 Å². The van der Waals surface area contributed by atoms with Crippen molar-refractivity contribution < 1.29 is 19.1 Å². The van der Waals surface area contributed by atoms with Gasteiger partial charge in [0.1, 0.15) is 12.6 Å². The molecule has 2 fully saturated rings. The zero-order chi connectivity index (χ0) is 27.3. The molecule has 2 aromatic carbocycles. The predicted molar refractivity (Wildman–Crippen MR) is 152 cm³/mol. The standard InChI is InChI=1S/C32H43N3O4/c36-30(28-15-7-8-16-28)33-20-10-9-17-29(34-32(38)39-24-27-13-5-2-6-14-27)31(37)35-21-18-26(19-22-35)23-25-11-3-1-4-12-25/h1-6,11-14,26,28-29H,7-10,15-24H2,(H,33,36)(H,34,38)/t29-/m0/s1. The van der Waals surface area contributed by atoms with E-state index >= 15 is 0 Å². The van der Waals surface area contributed by atoms with Gasteiger partial charge in [-0.2, -0.15) is 0 Å². The summed E-state index contributed by atoms with van der Waals surface area (Å²) in [6.07, 6.45) is 8.62. The van der Waals surface area contributed by atoms with Crippen LogP contribution in [0.5, 0.6) is 0 Å². The summed E-state index contributed by atoms with van der Waals surface area (Å²) < 4.78 is 5.42. The fourth-order valence-corrected chi connectivity index (χ4v) is 5.71. The Bertz CT molecular complexity index is 1030. The Labute approximate surface area is 232 Å². The number of hydrogen-bond donors (Lipinski definition) is 2. The zero-order valence-electron chi connectivity index (χ0n) is 23.0. The number of rotatable bonds is 12. The van der Waals surface area contributed by atoms with E-state index in [2.05, 4.69) is 34.9 Å². The molecule has 3 amide bonds. The van der Waals surface area contributed by atoms with Crippen LogP contribution in [0.25, 0.3) is 0 Å². The van der Waals surface area contributed by atoms with E-state index in [0.717, 1.165) is 63.4 Å². The molecule has 2 aromatic rings. The Morgan fingerprint density at radius 2 is 1.49 bits per heavy atom. The molecule has 0 spiro atoms. The summed E-state index contributed by atoms with van der Waals surface area (Å²) in [5, 5.41) is 5.89. The van der Waals surface area contributed by atoms with E-state index in [1.807, 2.05) is 41.3 Å².